The lowest BCUT2D eigenvalue weighted by molar-refractivity contribution is -0.133. The number of hydrogen-bond donors (Lipinski definition) is 1. The third-order valence-corrected chi connectivity index (χ3v) is 4.15. The molecule has 0 radical (unpaired) electrons. The van der Waals surface area contributed by atoms with Crippen molar-refractivity contribution < 1.29 is 9.21 Å². The lowest BCUT2D eigenvalue weighted by atomic mass is 9.96. The fraction of sp³-hybridized carbons (Fsp3) is 0.467. The van der Waals surface area contributed by atoms with Crippen LogP contribution in [-0.4, -0.2) is 34.9 Å². The summed E-state index contributed by atoms with van der Waals surface area (Å²) in [5.41, 5.74) is 7.18. The van der Waals surface area contributed by atoms with Crippen LogP contribution in [0.5, 0.6) is 0 Å². The first-order chi connectivity index (χ1) is 10.0. The van der Waals surface area contributed by atoms with E-state index in [1.165, 1.54) is 0 Å². The molecule has 112 valence electrons. The van der Waals surface area contributed by atoms with Crippen LogP contribution in [0.4, 0.5) is 0 Å². The number of amides is 1. The van der Waals surface area contributed by atoms with Gasteiger partial charge in [-0.2, -0.15) is 0 Å². The molecule has 1 aromatic carbocycles. The molecular weight excluding hydrogens is 290 g/mol. The Morgan fingerprint density at radius 3 is 2.86 bits per heavy atom. The van der Waals surface area contributed by atoms with E-state index in [2.05, 4.69) is 4.98 Å². The number of fused-ring (bicyclic) bond motifs is 1. The maximum Gasteiger partial charge on any atom is 0.239 e. The molecule has 1 atom stereocenters. The highest BCUT2D eigenvalue weighted by atomic mass is 35.5. The Hall–Kier alpha value is -1.59. The van der Waals surface area contributed by atoms with Gasteiger partial charge in [0.1, 0.15) is 5.52 Å². The normalized spacial score (nSPS) is 18.1. The van der Waals surface area contributed by atoms with E-state index in [0.717, 1.165) is 29.8 Å². The lowest BCUT2D eigenvalue weighted by Crippen LogP contribution is -2.45. The quantitative estimate of drug-likeness (QED) is 0.925. The first-order valence-corrected chi connectivity index (χ1v) is 7.53. The Balaban J connectivity index is 1.72. The minimum absolute atomic E-state index is 0.0118. The predicted molar refractivity (Wildman–Crippen MR) is 81.2 cm³/mol. The number of hydrogen-bond acceptors (Lipinski definition) is 4. The maximum atomic E-state index is 11.9. The summed E-state index contributed by atoms with van der Waals surface area (Å²) in [7, 11) is 0. The Labute approximate surface area is 128 Å². The molecule has 1 aliphatic heterocycles. The van der Waals surface area contributed by atoms with E-state index < -0.39 is 6.04 Å². The summed E-state index contributed by atoms with van der Waals surface area (Å²) in [6, 6.07) is 5.00. The third kappa shape index (κ3) is 2.89. The first-order valence-electron chi connectivity index (χ1n) is 7.15. The van der Waals surface area contributed by atoms with Crippen LogP contribution < -0.4 is 5.73 Å². The summed E-state index contributed by atoms with van der Waals surface area (Å²) < 4.78 is 5.81. The number of halogens is 1. The molecule has 0 spiro atoms. The molecule has 1 aromatic heterocycles. The molecule has 6 heteroatoms. The summed E-state index contributed by atoms with van der Waals surface area (Å²) in [6.45, 7) is 3.12. The Morgan fingerprint density at radius 1 is 1.48 bits per heavy atom. The topological polar surface area (TPSA) is 72.4 Å². The molecule has 3 rings (SSSR count). The Kier molecular flexibility index (Phi) is 3.87. The van der Waals surface area contributed by atoms with E-state index in [4.69, 9.17) is 21.8 Å². The van der Waals surface area contributed by atoms with Gasteiger partial charge in [0, 0.05) is 24.0 Å². The molecule has 5 nitrogen and oxygen atoms in total. The molecular formula is C15H18ClN3O2. The second-order valence-electron chi connectivity index (χ2n) is 5.55. The molecule has 0 bridgehead atoms. The molecule has 2 heterocycles. The van der Waals surface area contributed by atoms with Gasteiger partial charge in [-0.1, -0.05) is 11.6 Å². The molecule has 1 fully saturated rings. The molecule has 0 aliphatic carbocycles. The van der Waals surface area contributed by atoms with Crippen molar-refractivity contribution in [3.8, 4) is 0 Å². The number of likely N-dealkylation sites (tertiary alicyclic amines) is 1. The highest BCUT2D eigenvalue weighted by Crippen LogP contribution is 2.30. The van der Waals surface area contributed by atoms with Crippen molar-refractivity contribution in [2.75, 3.05) is 13.1 Å². The minimum atomic E-state index is -0.437. The van der Waals surface area contributed by atoms with Crippen molar-refractivity contribution in [1.82, 2.24) is 9.88 Å². The molecule has 1 saturated heterocycles. The van der Waals surface area contributed by atoms with E-state index in [1.807, 2.05) is 11.0 Å². The predicted octanol–water partition coefficient (Wildman–Crippen LogP) is 2.53. The van der Waals surface area contributed by atoms with E-state index in [9.17, 15) is 4.79 Å². The van der Waals surface area contributed by atoms with Crippen LogP contribution in [-0.2, 0) is 4.79 Å². The number of nitrogens with two attached hydrogens (primary N) is 1. The molecule has 2 aromatic rings. The van der Waals surface area contributed by atoms with Gasteiger partial charge in [0.25, 0.3) is 0 Å². The third-order valence-electron chi connectivity index (χ3n) is 3.91. The summed E-state index contributed by atoms with van der Waals surface area (Å²) >= 11 is 5.96. The number of piperidine rings is 1. The molecule has 0 unspecified atom stereocenters. The fourth-order valence-corrected chi connectivity index (χ4v) is 2.89. The highest BCUT2D eigenvalue weighted by Gasteiger charge is 2.28. The standard InChI is InChI=1S/C15H18ClN3O2/c1-9(17)15(20)19-6-4-10(5-7-19)14-18-12-8-11(16)2-3-13(12)21-14/h2-3,8-10H,4-7,17H2,1H3/t9-/m0/s1. The molecule has 1 amide bonds. The maximum absolute atomic E-state index is 11.9. The lowest BCUT2D eigenvalue weighted by Gasteiger charge is -2.31. The highest BCUT2D eigenvalue weighted by molar-refractivity contribution is 6.31. The van der Waals surface area contributed by atoms with E-state index in [0.29, 0.717) is 18.1 Å². The van der Waals surface area contributed by atoms with E-state index in [1.54, 1.807) is 19.1 Å². The monoisotopic (exact) mass is 307 g/mol. The van der Waals surface area contributed by atoms with Gasteiger partial charge in [0.2, 0.25) is 5.91 Å². The van der Waals surface area contributed by atoms with Gasteiger partial charge in [-0.3, -0.25) is 4.79 Å². The second kappa shape index (κ2) is 5.66. The molecule has 21 heavy (non-hydrogen) atoms. The van der Waals surface area contributed by atoms with Gasteiger partial charge in [-0.05, 0) is 38.0 Å². The average molecular weight is 308 g/mol. The number of aromatic nitrogens is 1. The van der Waals surface area contributed by atoms with Gasteiger partial charge in [0.15, 0.2) is 11.5 Å². The van der Waals surface area contributed by atoms with Crippen LogP contribution in [0.15, 0.2) is 22.6 Å². The van der Waals surface area contributed by atoms with Crippen LogP contribution >= 0.6 is 11.6 Å². The number of benzene rings is 1. The minimum Gasteiger partial charge on any atom is -0.440 e. The zero-order valence-corrected chi connectivity index (χ0v) is 12.6. The van der Waals surface area contributed by atoms with Crippen LogP contribution in [0, 0.1) is 0 Å². The van der Waals surface area contributed by atoms with Crippen LogP contribution in [0.3, 0.4) is 0 Å². The van der Waals surface area contributed by atoms with Gasteiger partial charge in [0.05, 0.1) is 6.04 Å². The van der Waals surface area contributed by atoms with Crippen molar-refractivity contribution in [2.45, 2.75) is 31.7 Å². The largest absolute Gasteiger partial charge is 0.440 e. The number of carbonyl (C=O) groups is 1. The van der Waals surface area contributed by atoms with Crippen molar-refractivity contribution in [1.29, 1.82) is 0 Å². The van der Waals surface area contributed by atoms with Crippen molar-refractivity contribution in [3.63, 3.8) is 0 Å². The van der Waals surface area contributed by atoms with Crippen molar-refractivity contribution >= 4 is 28.6 Å². The van der Waals surface area contributed by atoms with E-state index >= 15 is 0 Å². The van der Waals surface area contributed by atoms with Gasteiger partial charge in [-0.25, -0.2) is 4.98 Å². The van der Waals surface area contributed by atoms with Crippen LogP contribution in [0.2, 0.25) is 5.02 Å². The number of rotatable bonds is 2. The summed E-state index contributed by atoms with van der Waals surface area (Å²) in [5.74, 6) is 0.992. The first kappa shape index (κ1) is 14.4. The number of nitrogens with zero attached hydrogens (tertiary/aromatic N) is 2. The smallest absolute Gasteiger partial charge is 0.239 e. The van der Waals surface area contributed by atoms with E-state index in [-0.39, 0.29) is 11.8 Å². The van der Waals surface area contributed by atoms with Crippen LogP contribution in [0.25, 0.3) is 11.1 Å². The molecule has 0 saturated carbocycles. The van der Waals surface area contributed by atoms with Crippen LogP contribution in [0.1, 0.15) is 31.6 Å². The Morgan fingerprint density at radius 2 is 2.19 bits per heavy atom. The zero-order chi connectivity index (χ0) is 15.0. The number of oxazole rings is 1. The molecule has 2 N–H and O–H groups in total. The van der Waals surface area contributed by atoms with Crippen molar-refractivity contribution in [2.24, 2.45) is 5.73 Å². The van der Waals surface area contributed by atoms with Gasteiger partial charge >= 0.3 is 0 Å². The zero-order valence-electron chi connectivity index (χ0n) is 11.9. The number of carbonyl (C=O) groups excluding carboxylic acids is 1. The van der Waals surface area contributed by atoms with Gasteiger partial charge in [-0.15, -0.1) is 0 Å². The average Bonchev–Trinajstić information content (AvgIpc) is 2.89. The SMILES string of the molecule is C[C@H](N)C(=O)N1CCC(c2nc3cc(Cl)ccc3o2)CC1. The van der Waals surface area contributed by atoms with Gasteiger partial charge < -0.3 is 15.1 Å². The Bertz CT molecular complexity index is 660. The summed E-state index contributed by atoms with van der Waals surface area (Å²) in [5, 5.41) is 0.652. The molecule has 1 aliphatic rings. The summed E-state index contributed by atoms with van der Waals surface area (Å²) in [4.78, 5) is 18.2. The summed E-state index contributed by atoms with van der Waals surface area (Å²) in [6.07, 6.45) is 1.69. The fourth-order valence-electron chi connectivity index (χ4n) is 2.73. The second-order valence-corrected chi connectivity index (χ2v) is 5.99. The van der Waals surface area contributed by atoms with Crippen molar-refractivity contribution in [3.05, 3.63) is 29.1 Å².